The van der Waals surface area contributed by atoms with Gasteiger partial charge in [0.15, 0.2) is 11.2 Å². The summed E-state index contributed by atoms with van der Waals surface area (Å²) in [7, 11) is 0. The highest BCUT2D eigenvalue weighted by Crippen LogP contribution is 2.42. The number of rotatable bonds is 8. The van der Waals surface area contributed by atoms with E-state index in [1.807, 2.05) is 57.2 Å². The average Bonchev–Trinajstić information content (AvgIpc) is 2.99. The first-order valence-corrected chi connectivity index (χ1v) is 15.0. The zero-order chi connectivity index (χ0) is 30.1. The van der Waals surface area contributed by atoms with Crippen LogP contribution < -0.4 is 10.2 Å². The molecule has 6 heteroatoms. The summed E-state index contributed by atoms with van der Waals surface area (Å²) in [5.74, 6) is 2.74. The van der Waals surface area contributed by atoms with Crippen molar-refractivity contribution < 1.29 is 23.8 Å². The van der Waals surface area contributed by atoms with E-state index in [0.29, 0.717) is 35.2 Å². The molecule has 6 nitrogen and oxygen atoms in total. The number of aromatic hydroxyl groups is 1. The molecule has 0 saturated carbocycles. The normalized spacial score (nSPS) is 13.9. The van der Waals surface area contributed by atoms with Gasteiger partial charge >= 0.3 is 0 Å². The van der Waals surface area contributed by atoms with Crippen LogP contribution >= 0.6 is 0 Å². The van der Waals surface area contributed by atoms with E-state index in [1.165, 1.54) is 6.07 Å². The number of fused-ring (bicyclic) bond motifs is 2. The highest BCUT2D eigenvalue weighted by atomic mass is 16.5. The number of carbonyl (C=O) groups excluding carboxylic acids is 1. The molecule has 0 aromatic heterocycles. The Kier molecular flexibility index (Phi) is 8.04. The predicted molar refractivity (Wildman–Crippen MR) is 169 cm³/mol. The van der Waals surface area contributed by atoms with Gasteiger partial charge in [0.25, 0.3) is 0 Å². The number of phenols is 1. The molecule has 0 amide bonds. The lowest BCUT2D eigenvalue weighted by atomic mass is 9.89. The lowest BCUT2D eigenvalue weighted by molar-refractivity contribution is 0.0629. The fourth-order valence-corrected chi connectivity index (χ4v) is 6.16. The van der Waals surface area contributed by atoms with Crippen LogP contribution in [0.4, 0.5) is 0 Å². The minimum absolute atomic E-state index is 0.137. The van der Waals surface area contributed by atoms with Crippen molar-refractivity contribution in [2.45, 2.75) is 52.9 Å². The molecule has 2 aliphatic heterocycles. The van der Waals surface area contributed by atoms with Crippen LogP contribution in [0, 0.1) is 26.7 Å². The first-order valence-electron chi connectivity index (χ1n) is 15.0. The number of phenolic OH excluding ortho intramolecular Hbond substituents is 1. The first-order chi connectivity index (χ1) is 20.8. The molecule has 3 aromatic carbocycles. The van der Waals surface area contributed by atoms with Gasteiger partial charge in [-0.05, 0) is 117 Å². The smallest absolute Gasteiger partial charge is 0.182 e. The molecule has 0 spiro atoms. The largest absolute Gasteiger partial charge is 0.507 e. The predicted octanol–water partition coefficient (Wildman–Crippen LogP) is 8.77. The van der Waals surface area contributed by atoms with Crippen molar-refractivity contribution in [3.63, 3.8) is 0 Å². The monoisotopic (exact) mass is 576 g/mol. The quantitative estimate of drug-likeness (QED) is 0.147. The maximum Gasteiger partial charge on any atom is 0.182 e. The SMILES string of the molecule is Cc1cc(C(=O)CCCC2CCOCC2)ccc1-c1c2ccc(=O)cc-2oc2cc(Oc3cc(C)c(O)c(C)c3)ccc12. The number of carbonyl (C=O) groups is 1. The van der Waals surface area contributed by atoms with Crippen LogP contribution in [0.3, 0.4) is 0 Å². The number of ether oxygens (including phenoxy) is 2. The molecule has 0 unspecified atom stereocenters. The molecule has 220 valence electrons. The molecule has 3 aromatic rings. The van der Waals surface area contributed by atoms with Gasteiger partial charge < -0.3 is 19.0 Å². The van der Waals surface area contributed by atoms with E-state index in [1.54, 1.807) is 24.3 Å². The Hall–Kier alpha value is -4.42. The Morgan fingerprint density at radius 1 is 0.860 bits per heavy atom. The fourth-order valence-electron chi connectivity index (χ4n) is 6.16. The zero-order valence-corrected chi connectivity index (χ0v) is 24.9. The third-order valence-corrected chi connectivity index (χ3v) is 8.54. The maximum absolute atomic E-state index is 13.1. The van der Waals surface area contributed by atoms with E-state index in [-0.39, 0.29) is 17.0 Å². The van der Waals surface area contributed by atoms with Crippen molar-refractivity contribution in [3.05, 3.63) is 99.2 Å². The lowest BCUT2D eigenvalue weighted by Crippen LogP contribution is -2.15. The Balaban J connectivity index is 1.33. The topological polar surface area (TPSA) is 86.0 Å². The van der Waals surface area contributed by atoms with Crippen LogP contribution in [0.2, 0.25) is 0 Å². The Labute approximate surface area is 251 Å². The van der Waals surface area contributed by atoms with Crippen molar-refractivity contribution in [2.75, 3.05) is 13.2 Å². The average molecular weight is 577 g/mol. The van der Waals surface area contributed by atoms with Crippen molar-refractivity contribution in [3.8, 4) is 39.7 Å². The van der Waals surface area contributed by atoms with Crippen LogP contribution in [0.5, 0.6) is 17.2 Å². The van der Waals surface area contributed by atoms with E-state index in [9.17, 15) is 14.7 Å². The van der Waals surface area contributed by atoms with Crippen LogP contribution in [0.15, 0.2) is 75.9 Å². The van der Waals surface area contributed by atoms with E-state index in [4.69, 9.17) is 13.9 Å². The zero-order valence-electron chi connectivity index (χ0n) is 24.9. The fraction of sp³-hybridized carbons (Fsp3) is 0.297. The molecule has 0 bridgehead atoms. The third kappa shape index (κ3) is 6.06. The molecule has 43 heavy (non-hydrogen) atoms. The Bertz CT molecular complexity index is 1820. The van der Waals surface area contributed by atoms with Gasteiger partial charge in [-0.3, -0.25) is 9.59 Å². The molecule has 3 aliphatic rings. The van der Waals surface area contributed by atoms with Gasteiger partial charge in [0.05, 0.1) is 0 Å². The summed E-state index contributed by atoms with van der Waals surface area (Å²) >= 11 is 0. The van der Waals surface area contributed by atoms with Gasteiger partial charge in [0, 0.05) is 53.8 Å². The minimum atomic E-state index is -0.137. The second kappa shape index (κ2) is 12.1. The first kappa shape index (κ1) is 28.7. The standard InChI is InChI=1S/C37H36O6/c1-22-17-26(33(39)6-4-5-25-13-15-41-16-14-25)7-10-30(22)36-31-11-8-27(38)20-34(31)43-35-21-28(9-12-32(35)36)42-29-18-23(2)37(40)24(3)19-29/h7-12,17-21,25,40H,4-6,13-16H2,1-3H3. The maximum atomic E-state index is 13.1. The van der Waals surface area contributed by atoms with Crippen LogP contribution in [-0.2, 0) is 4.74 Å². The van der Waals surface area contributed by atoms with Crippen molar-refractivity contribution >= 4 is 16.8 Å². The lowest BCUT2D eigenvalue weighted by Gasteiger charge is -2.21. The van der Waals surface area contributed by atoms with Crippen LogP contribution in [0.25, 0.3) is 33.4 Å². The Morgan fingerprint density at radius 3 is 2.35 bits per heavy atom. The van der Waals surface area contributed by atoms with Gasteiger partial charge in [-0.15, -0.1) is 0 Å². The number of aryl methyl sites for hydroxylation is 3. The molecular weight excluding hydrogens is 540 g/mol. The number of Topliss-reactive ketones (excluding diaryl/α,β-unsaturated/α-hetero) is 1. The summed E-state index contributed by atoms with van der Waals surface area (Å²) in [5.41, 5.74) is 6.33. The summed E-state index contributed by atoms with van der Waals surface area (Å²) in [6.45, 7) is 7.34. The van der Waals surface area contributed by atoms with Crippen LogP contribution in [0.1, 0.15) is 59.2 Å². The third-order valence-electron chi connectivity index (χ3n) is 8.54. The van der Waals surface area contributed by atoms with Gasteiger partial charge in [-0.25, -0.2) is 0 Å². The molecule has 6 rings (SSSR count). The summed E-state index contributed by atoms with van der Waals surface area (Å²) in [6.07, 6.45) is 4.68. The number of hydrogen-bond donors (Lipinski definition) is 1. The molecule has 0 atom stereocenters. The van der Waals surface area contributed by atoms with Gasteiger partial charge in [0.1, 0.15) is 28.6 Å². The highest BCUT2D eigenvalue weighted by Gasteiger charge is 2.21. The number of hydrogen-bond acceptors (Lipinski definition) is 6. The van der Waals surface area contributed by atoms with E-state index >= 15 is 0 Å². The summed E-state index contributed by atoms with van der Waals surface area (Å²) in [5, 5.41) is 11.0. The molecular formula is C37H36O6. The van der Waals surface area contributed by atoms with E-state index < -0.39 is 0 Å². The molecule has 1 fully saturated rings. The molecule has 1 aliphatic carbocycles. The second-order valence-corrected chi connectivity index (χ2v) is 11.7. The number of benzene rings is 4. The number of ketones is 1. The summed E-state index contributed by atoms with van der Waals surface area (Å²) < 4.78 is 17.8. The second-order valence-electron chi connectivity index (χ2n) is 11.7. The van der Waals surface area contributed by atoms with Crippen molar-refractivity contribution in [1.29, 1.82) is 0 Å². The van der Waals surface area contributed by atoms with E-state index in [2.05, 4.69) is 0 Å². The van der Waals surface area contributed by atoms with Crippen LogP contribution in [-0.4, -0.2) is 24.1 Å². The summed E-state index contributed by atoms with van der Waals surface area (Å²) in [4.78, 5) is 25.4. The molecule has 1 saturated heterocycles. The molecule has 1 N–H and O–H groups in total. The molecule has 0 radical (unpaired) electrons. The summed E-state index contributed by atoms with van der Waals surface area (Å²) in [6, 6.07) is 20.0. The van der Waals surface area contributed by atoms with Gasteiger partial charge in [0.2, 0.25) is 0 Å². The molecule has 2 heterocycles. The van der Waals surface area contributed by atoms with Gasteiger partial charge in [-0.2, -0.15) is 0 Å². The van der Waals surface area contributed by atoms with Crippen molar-refractivity contribution in [2.24, 2.45) is 5.92 Å². The van der Waals surface area contributed by atoms with Gasteiger partial charge in [-0.1, -0.05) is 12.1 Å². The van der Waals surface area contributed by atoms with E-state index in [0.717, 1.165) is 83.2 Å². The minimum Gasteiger partial charge on any atom is -0.507 e. The highest BCUT2D eigenvalue weighted by molar-refractivity contribution is 6.04. The Morgan fingerprint density at radius 2 is 1.60 bits per heavy atom. The van der Waals surface area contributed by atoms with Crippen molar-refractivity contribution in [1.82, 2.24) is 0 Å².